The molecule has 148 valence electrons. The monoisotopic (exact) mass is 383 g/mol. The third kappa shape index (κ3) is 3.78. The first kappa shape index (κ1) is 18.6. The number of piperidine rings is 1. The number of hydrogen-bond donors (Lipinski definition) is 0. The van der Waals surface area contributed by atoms with Crippen molar-refractivity contribution in [2.45, 2.75) is 19.4 Å². The summed E-state index contributed by atoms with van der Waals surface area (Å²) in [7, 11) is 3.25. The number of ketones is 1. The molecule has 0 bridgehead atoms. The molecule has 1 atom stereocenters. The molecule has 0 aliphatic carbocycles. The van der Waals surface area contributed by atoms with Crippen molar-refractivity contribution >= 4 is 5.78 Å². The second-order valence-electron chi connectivity index (χ2n) is 7.20. The van der Waals surface area contributed by atoms with E-state index < -0.39 is 0 Å². The Kier molecular flexibility index (Phi) is 5.39. The third-order valence-electron chi connectivity index (χ3n) is 5.35. The molecule has 0 radical (unpaired) electrons. The fraction of sp³-hybridized carbons (Fsp3) is 0.409. The zero-order valence-electron chi connectivity index (χ0n) is 16.3. The maximum Gasteiger partial charge on any atom is 0.231 e. The number of Topliss-reactive ketones (excluding diaryl/α,β-unsaturated/α-hetero) is 1. The number of ether oxygens (including phenoxy) is 4. The molecule has 0 aromatic heterocycles. The topological polar surface area (TPSA) is 57.2 Å². The van der Waals surface area contributed by atoms with Crippen LogP contribution in [0.4, 0.5) is 0 Å². The molecule has 2 aliphatic rings. The van der Waals surface area contributed by atoms with Crippen LogP contribution in [0.3, 0.4) is 0 Å². The van der Waals surface area contributed by atoms with Gasteiger partial charge in [0, 0.05) is 24.6 Å². The van der Waals surface area contributed by atoms with E-state index in [1.54, 1.807) is 14.2 Å². The molecule has 0 N–H and O–H groups in total. The van der Waals surface area contributed by atoms with Crippen LogP contribution in [-0.2, 0) is 6.54 Å². The third-order valence-corrected chi connectivity index (χ3v) is 5.35. The van der Waals surface area contributed by atoms with Crippen LogP contribution in [0.1, 0.15) is 28.8 Å². The van der Waals surface area contributed by atoms with Gasteiger partial charge in [0.2, 0.25) is 12.5 Å². The lowest BCUT2D eigenvalue weighted by atomic mass is 9.89. The number of nitrogens with zero attached hydrogens (tertiary/aromatic N) is 1. The van der Waals surface area contributed by atoms with Crippen LogP contribution in [0, 0.1) is 5.92 Å². The largest absolute Gasteiger partial charge is 0.497 e. The summed E-state index contributed by atoms with van der Waals surface area (Å²) in [4.78, 5) is 15.3. The summed E-state index contributed by atoms with van der Waals surface area (Å²) < 4.78 is 21.7. The maximum atomic E-state index is 13.0. The van der Waals surface area contributed by atoms with E-state index in [9.17, 15) is 4.79 Å². The van der Waals surface area contributed by atoms with Gasteiger partial charge < -0.3 is 18.9 Å². The Bertz CT molecular complexity index is 866. The summed E-state index contributed by atoms with van der Waals surface area (Å²) in [5, 5.41) is 0. The van der Waals surface area contributed by atoms with E-state index in [0.717, 1.165) is 49.4 Å². The minimum absolute atomic E-state index is 0.00300. The first-order valence-electron chi connectivity index (χ1n) is 9.55. The number of carbonyl (C=O) groups excluding carboxylic acids is 1. The van der Waals surface area contributed by atoms with Gasteiger partial charge in [-0.3, -0.25) is 9.69 Å². The summed E-state index contributed by atoms with van der Waals surface area (Å²) >= 11 is 0. The van der Waals surface area contributed by atoms with Crippen molar-refractivity contribution < 1.29 is 23.7 Å². The van der Waals surface area contributed by atoms with Crippen molar-refractivity contribution in [3.8, 4) is 23.0 Å². The summed E-state index contributed by atoms with van der Waals surface area (Å²) in [6.07, 6.45) is 1.92. The second-order valence-corrected chi connectivity index (χ2v) is 7.20. The highest BCUT2D eigenvalue weighted by molar-refractivity contribution is 5.98. The smallest absolute Gasteiger partial charge is 0.231 e. The molecule has 0 amide bonds. The minimum atomic E-state index is -0.00300. The van der Waals surface area contributed by atoms with Crippen LogP contribution in [-0.4, -0.2) is 44.8 Å². The number of fused-ring (bicyclic) bond motifs is 1. The van der Waals surface area contributed by atoms with Gasteiger partial charge in [0.1, 0.15) is 5.75 Å². The Morgan fingerprint density at radius 3 is 2.89 bits per heavy atom. The SMILES string of the molecule is COc1cccc(C(=O)C2CCCN(Cc3cc(OC)c4c(c3)OCO4)C2)c1. The van der Waals surface area contributed by atoms with Gasteiger partial charge in [0.15, 0.2) is 17.3 Å². The highest BCUT2D eigenvalue weighted by Gasteiger charge is 2.28. The van der Waals surface area contributed by atoms with Crippen LogP contribution in [0.5, 0.6) is 23.0 Å². The normalized spacial score (nSPS) is 18.7. The van der Waals surface area contributed by atoms with Crippen LogP contribution in [0.25, 0.3) is 0 Å². The standard InChI is InChI=1S/C22H25NO5/c1-25-18-7-3-5-16(11-18)21(24)17-6-4-8-23(13-17)12-15-9-19(26-2)22-20(10-15)27-14-28-22/h3,5,7,9-11,17H,4,6,8,12-14H2,1-2H3. The van der Waals surface area contributed by atoms with E-state index >= 15 is 0 Å². The molecule has 2 heterocycles. The average molecular weight is 383 g/mol. The highest BCUT2D eigenvalue weighted by Crippen LogP contribution is 2.42. The van der Waals surface area contributed by atoms with E-state index in [-0.39, 0.29) is 18.5 Å². The van der Waals surface area contributed by atoms with Gasteiger partial charge >= 0.3 is 0 Å². The molecule has 2 aliphatic heterocycles. The van der Waals surface area contributed by atoms with E-state index in [1.165, 1.54) is 0 Å². The first-order valence-corrected chi connectivity index (χ1v) is 9.55. The van der Waals surface area contributed by atoms with Gasteiger partial charge in [-0.1, -0.05) is 12.1 Å². The van der Waals surface area contributed by atoms with Crippen molar-refractivity contribution in [3.63, 3.8) is 0 Å². The molecule has 28 heavy (non-hydrogen) atoms. The van der Waals surface area contributed by atoms with E-state index in [0.29, 0.717) is 17.2 Å². The predicted octanol–water partition coefficient (Wildman–Crippen LogP) is 3.53. The number of methoxy groups -OCH3 is 2. The molecule has 1 saturated heterocycles. The summed E-state index contributed by atoms with van der Waals surface area (Å²) in [5.74, 6) is 2.96. The molecule has 6 nitrogen and oxygen atoms in total. The molecular weight excluding hydrogens is 358 g/mol. The van der Waals surface area contributed by atoms with Crippen molar-refractivity contribution in [2.75, 3.05) is 34.1 Å². The van der Waals surface area contributed by atoms with Crippen LogP contribution < -0.4 is 18.9 Å². The lowest BCUT2D eigenvalue weighted by Gasteiger charge is -2.32. The van der Waals surface area contributed by atoms with Gasteiger partial charge in [-0.05, 0) is 49.2 Å². The van der Waals surface area contributed by atoms with Gasteiger partial charge in [0.25, 0.3) is 0 Å². The lowest BCUT2D eigenvalue weighted by Crippen LogP contribution is -2.38. The Morgan fingerprint density at radius 1 is 1.18 bits per heavy atom. The second kappa shape index (κ2) is 8.10. The number of benzene rings is 2. The number of rotatable bonds is 6. The van der Waals surface area contributed by atoms with Crippen molar-refractivity contribution in [3.05, 3.63) is 47.5 Å². The predicted molar refractivity (Wildman–Crippen MR) is 104 cm³/mol. The van der Waals surface area contributed by atoms with Crippen LogP contribution >= 0.6 is 0 Å². The number of hydrogen-bond acceptors (Lipinski definition) is 6. The van der Waals surface area contributed by atoms with Gasteiger partial charge in [-0.25, -0.2) is 0 Å². The van der Waals surface area contributed by atoms with Gasteiger partial charge in [-0.2, -0.15) is 0 Å². The molecule has 4 rings (SSSR count). The zero-order chi connectivity index (χ0) is 19.5. The molecular formula is C22H25NO5. The van der Waals surface area contributed by atoms with Crippen LogP contribution in [0.15, 0.2) is 36.4 Å². The minimum Gasteiger partial charge on any atom is -0.497 e. The summed E-state index contributed by atoms with van der Waals surface area (Å²) in [5.41, 5.74) is 1.81. The summed E-state index contributed by atoms with van der Waals surface area (Å²) in [6.45, 7) is 2.68. The Hall–Kier alpha value is -2.73. The molecule has 1 fully saturated rings. The molecule has 1 unspecified atom stereocenters. The van der Waals surface area contributed by atoms with Crippen molar-refractivity contribution in [1.29, 1.82) is 0 Å². The quantitative estimate of drug-likeness (QED) is 0.712. The fourth-order valence-corrected chi connectivity index (χ4v) is 3.96. The van der Waals surface area contributed by atoms with E-state index in [4.69, 9.17) is 18.9 Å². The summed E-state index contributed by atoms with van der Waals surface area (Å²) in [6, 6.07) is 11.4. The molecule has 6 heteroatoms. The fourth-order valence-electron chi connectivity index (χ4n) is 3.96. The average Bonchev–Trinajstić information content (AvgIpc) is 3.21. The Balaban J connectivity index is 1.46. The Labute approximate surface area is 165 Å². The highest BCUT2D eigenvalue weighted by atomic mass is 16.7. The van der Waals surface area contributed by atoms with E-state index in [1.807, 2.05) is 36.4 Å². The zero-order valence-corrected chi connectivity index (χ0v) is 16.3. The number of likely N-dealkylation sites (tertiary alicyclic amines) is 1. The van der Waals surface area contributed by atoms with Gasteiger partial charge in [-0.15, -0.1) is 0 Å². The van der Waals surface area contributed by atoms with Gasteiger partial charge in [0.05, 0.1) is 14.2 Å². The van der Waals surface area contributed by atoms with E-state index in [2.05, 4.69) is 4.90 Å². The van der Waals surface area contributed by atoms with Crippen molar-refractivity contribution in [1.82, 2.24) is 4.90 Å². The maximum absolute atomic E-state index is 13.0. The lowest BCUT2D eigenvalue weighted by molar-refractivity contribution is 0.0811. The van der Waals surface area contributed by atoms with Crippen molar-refractivity contribution in [2.24, 2.45) is 5.92 Å². The molecule has 0 saturated carbocycles. The molecule has 2 aromatic carbocycles. The Morgan fingerprint density at radius 2 is 2.07 bits per heavy atom. The molecule has 2 aromatic rings. The van der Waals surface area contributed by atoms with Crippen LogP contribution in [0.2, 0.25) is 0 Å². The number of carbonyl (C=O) groups is 1. The first-order chi connectivity index (χ1) is 13.7. The molecule has 0 spiro atoms.